The molecule has 36 heavy (non-hydrogen) atoms. The van der Waals surface area contributed by atoms with Gasteiger partial charge < -0.3 is 19.5 Å². The molecule has 1 atom stereocenters. The van der Waals surface area contributed by atoms with Crippen LogP contribution in [0, 0.1) is 5.92 Å². The third-order valence-corrected chi connectivity index (χ3v) is 7.48. The van der Waals surface area contributed by atoms with Gasteiger partial charge in [0.2, 0.25) is 5.91 Å². The zero-order valence-corrected chi connectivity index (χ0v) is 22.0. The van der Waals surface area contributed by atoms with Crippen molar-refractivity contribution >= 4 is 45.9 Å². The Morgan fingerprint density at radius 3 is 2.64 bits per heavy atom. The molecule has 0 saturated heterocycles. The van der Waals surface area contributed by atoms with Gasteiger partial charge >= 0.3 is 5.97 Å². The smallest absolute Gasteiger partial charge is 0.341 e. The molecule has 1 aliphatic rings. The zero-order chi connectivity index (χ0) is 25.7. The lowest BCUT2D eigenvalue weighted by Gasteiger charge is -2.18. The fraction of sp³-hybridized carbons (Fsp3) is 0.286. The average Bonchev–Trinajstić information content (AvgIpc) is 3.23. The lowest BCUT2D eigenvalue weighted by molar-refractivity contribution is -0.111. The Labute approximate surface area is 219 Å². The standard InChI is InChI=1S/C28H28ClNO5S/c1-17-4-11-21-24(14-17)36-27(26(21)28(32)34-3)30-25(31)13-8-18-7-12-22(23(15-18)33-2)35-16-19-5-9-20(29)10-6-19/h5-10,12-13,15,17H,4,11,14,16H2,1-3H3,(H,30,31)/b13-8+. The molecule has 4 rings (SSSR count). The predicted molar refractivity (Wildman–Crippen MR) is 143 cm³/mol. The highest BCUT2D eigenvalue weighted by molar-refractivity contribution is 7.17. The number of halogens is 1. The van der Waals surface area contributed by atoms with E-state index in [1.54, 1.807) is 25.3 Å². The van der Waals surface area contributed by atoms with Crippen molar-refractivity contribution in [1.29, 1.82) is 0 Å². The van der Waals surface area contributed by atoms with Crippen molar-refractivity contribution in [2.45, 2.75) is 32.8 Å². The van der Waals surface area contributed by atoms with Gasteiger partial charge in [-0.3, -0.25) is 4.79 Å². The summed E-state index contributed by atoms with van der Waals surface area (Å²) in [6.07, 6.45) is 5.86. The number of nitrogens with one attached hydrogen (secondary N) is 1. The Morgan fingerprint density at radius 1 is 1.14 bits per heavy atom. The Bertz CT molecular complexity index is 1280. The highest BCUT2D eigenvalue weighted by Gasteiger charge is 2.28. The first-order chi connectivity index (χ1) is 17.4. The number of esters is 1. The van der Waals surface area contributed by atoms with Gasteiger partial charge in [0.05, 0.1) is 19.8 Å². The number of anilines is 1. The molecule has 1 N–H and O–H groups in total. The van der Waals surface area contributed by atoms with Crippen LogP contribution in [0.4, 0.5) is 5.00 Å². The summed E-state index contributed by atoms with van der Waals surface area (Å²) in [5.74, 6) is 0.960. The minimum atomic E-state index is -0.416. The van der Waals surface area contributed by atoms with E-state index in [-0.39, 0.29) is 5.91 Å². The van der Waals surface area contributed by atoms with E-state index in [4.69, 9.17) is 25.8 Å². The average molecular weight is 526 g/mol. The molecule has 0 radical (unpaired) electrons. The lowest BCUT2D eigenvalue weighted by atomic mass is 9.88. The first kappa shape index (κ1) is 25.8. The van der Waals surface area contributed by atoms with Crippen LogP contribution < -0.4 is 14.8 Å². The normalized spacial score (nSPS) is 14.8. The van der Waals surface area contributed by atoms with E-state index in [1.807, 2.05) is 30.3 Å². The number of benzene rings is 2. The van der Waals surface area contributed by atoms with Crippen LogP contribution in [0.3, 0.4) is 0 Å². The fourth-order valence-electron chi connectivity index (χ4n) is 4.13. The highest BCUT2D eigenvalue weighted by Crippen LogP contribution is 2.40. The molecule has 3 aromatic rings. The second-order valence-corrected chi connectivity index (χ2v) is 10.2. The van der Waals surface area contributed by atoms with Gasteiger partial charge in [0, 0.05) is 16.0 Å². The van der Waals surface area contributed by atoms with Gasteiger partial charge in [0.15, 0.2) is 11.5 Å². The molecule has 1 heterocycles. The van der Waals surface area contributed by atoms with Gasteiger partial charge in [0.25, 0.3) is 0 Å². The fourth-order valence-corrected chi connectivity index (χ4v) is 5.66. The van der Waals surface area contributed by atoms with E-state index < -0.39 is 5.97 Å². The Morgan fingerprint density at radius 2 is 1.92 bits per heavy atom. The summed E-state index contributed by atoms with van der Waals surface area (Å²) in [5.41, 5.74) is 3.24. The second-order valence-electron chi connectivity index (χ2n) is 8.70. The van der Waals surface area contributed by atoms with Crippen LogP contribution in [0.25, 0.3) is 6.08 Å². The molecular weight excluding hydrogens is 498 g/mol. The van der Waals surface area contributed by atoms with Gasteiger partial charge in [-0.05, 0) is 72.2 Å². The first-order valence-electron chi connectivity index (χ1n) is 11.6. The molecule has 1 aliphatic carbocycles. The van der Waals surface area contributed by atoms with Crippen molar-refractivity contribution in [3.05, 3.63) is 80.7 Å². The molecule has 1 unspecified atom stereocenters. The van der Waals surface area contributed by atoms with Gasteiger partial charge in [-0.2, -0.15) is 0 Å². The molecule has 0 aliphatic heterocycles. The van der Waals surface area contributed by atoms with Crippen molar-refractivity contribution in [3.8, 4) is 11.5 Å². The number of thiophene rings is 1. The molecule has 0 bridgehead atoms. The van der Waals surface area contributed by atoms with Crippen molar-refractivity contribution in [1.82, 2.24) is 0 Å². The first-order valence-corrected chi connectivity index (χ1v) is 12.8. The summed E-state index contributed by atoms with van der Waals surface area (Å²) >= 11 is 7.39. The minimum absolute atomic E-state index is 0.325. The molecule has 8 heteroatoms. The van der Waals surface area contributed by atoms with Gasteiger partial charge in [-0.1, -0.05) is 36.7 Å². The summed E-state index contributed by atoms with van der Waals surface area (Å²) in [5, 5.41) is 4.09. The molecule has 1 aromatic heterocycles. The number of hydrogen-bond acceptors (Lipinski definition) is 6. The van der Waals surface area contributed by atoms with Crippen LogP contribution in [0.2, 0.25) is 5.02 Å². The number of methoxy groups -OCH3 is 2. The maximum atomic E-state index is 12.7. The second kappa shape index (κ2) is 11.6. The minimum Gasteiger partial charge on any atom is -0.493 e. The molecule has 188 valence electrons. The molecule has 0 fully saturated rings. The maximum absolute atomic E-state index is 12.7. The number of rotatable bonds is 8. The summed E-state index contributed by atoms with van der Waals surface area (Å²) in [6, 6.07) is 12.9. The van der Waals surface area contributed by atoms with E-state index in [9.17, 15) is 9.59 Å². The van der Waals surface area contributed by atoms with E-state index in [2.05, 4.69) is 12.2 Å². The number of amides is 1. The molecule has 2 aromatic carbocycles. The molecule has 6 nitrogen and oxygen atoms in total. The van der Waals surface area contributed by atoms with Gasteiger partial charge in [-0.15, -0.1) is 11.3 Å². The maximum Gasteiger partial charge on any atom is 0.341 e. The van der Waals surface area contributed by atoms with Crippen LogP contribution in [0.1, 0.15) is 45.3 Å². The van der Waals surface area contributed by atoms with E-state index in [0.717, 1.165) is 40.8 Å². The third-order valence-electron chi connectivity index (χ3n) is 6.06. The Kier molecular flexibility index (Phi) is 8.33. The van der Waals surface area contributed by atoms with Gasteiger partial charge in [-0.25, -0.2) is 4.79 Å². The molecule has 0 spiro atoms. The number of carbonyl (C=O) groups is 2. The summed E-state index contributed by atoms with van der Waals surface area (Å²) < 4.78 is 16.4. The van der Waals surface area contributed by atoms with E-state index in [1.165, 1.54) is 24.5 Å². The Hall–Kier alpha value is -3.29. The Balaban J connectivity index is 1.45. The molecule has 1 amide bonds. The van der Waals surface area contributed by atoms with E-state index in [0.29, 0.717) is 39.6 Å². The van der Waals surface area contributed by atoms with E-state index >= 15 is 0 Å². The number of carbonyl (C=O) groups excluding carboxylic acids is 2. The highest BCUT2D eigenvalue weighted by atomic mass is 35.5. The van der Waals surface area contributed by atoms with Crippen molar-refractivity contribution in [2.24, 2.45) is 5.92 Å². The number of fused-ring (bicyclic) bond motifs is 1. The van der Waals surface area contributed by atoms with Crippen LogP contribution in [-0.2, 0) is 29.0 Å². The SMILES string of the molecule is COC(=O)c1c(NC(=O)/C=C/c2ccc(OCc3ccc(Cl)cc3)c(OC)c2)sc2c1CCC(C)C2. The van der Waals surface area contributed by atoms with Crippen LogP contribution in [-0.4, -0.2) is 26.1 Å². The largest absolute Gasteiger partial charge is 0.493 e. The zero-order valence-electron chi connectivity index (χ0n) is 20.4. The lowest BCUT2D eigenvalue weighted by Crippen LogP contribution is -2.14. The van der Waals surface area contributed by atoms with Crippen LogP contribution in [0.15, 0.2) is 48.5 Å². The van der Waals surface area contributed by atoms with Crippen molar-refractivity contribution < 1.29 is 23.8 Å². The third kappa shape index (κ3) is 6.09. The molecule has 0 saturated carbocycles. The topological polar surface area (TPSA) is 73.9 Å². The summed E-state index contributed by atoms with van der Waals surface area (Å²) in [7, 11) is 2.93. The number of hydrogen-bond donors (Lipinski definition) is 1. The van der Waals surface area contributed by atoms with Gasteiger partial charge in [0.1, 0.15) is 11.6 Å². The van der Waals surface area contributed by atoms with Crippen LogP contribution >= 0.6 is 22.9 Å². The predicted octanol–water partition coefficient (Wildman–Crippen LogP) is 6.55. The molecular formula is C28H28ClNO5S. The monoisotopic (exact) mass is 525 g/mol. The number of ether oxygens (including phenoxy) is 3. The van der Waals surface area contributed by atoms with Crippen LogP contribution in [0.5, 0.6) is 11.5 Å². The van der Waals surface area contributed by atoms with Crippen molar-refractivity contribution in [3.63, 3.8) is 0 Å². The quantitative estimate of drug-likeness (QED) is 0.266. The summed E-state index contributed by atoms with van der Waals surface area (Å²) in [6.45, 7) is 2.57. The summed E-state index contributed by atoms with van der Waals surface area (Å²) in [4.78, 5) is 26.3. The van der Waals surface area contributed by atoms with Crippen molar-refractivity contribution in [2.75, 3.05) is 19.5 Å².